The molecule has 2 amide bonds. The number of amides is 2. The Labute approximate surface area is 180 Å². The minimum absolute atomic E-state index is 0.00880. The Bertz CT molecular complexity index is 753. The zero-order valence-electron chi connectivity index (χ0n) is 16.4. The zero-order valence-corrected chi connectivity index (χ0v) is 18.8. The molecule has 0 bridgehead atoms. The molecule has 0 radical (unpaired) electrons. The van der Waals surface area contributed by atoms with E-state index < -0.39 is 6.04 Å². The van der Waals surface area contributed by atoms with E-state index in [0.717, 1.165) is 21.4 Å². The van der Waals surface area contributed by atoms with Crippen molar-refractivity contribution in [2.24, 2.45) is 0 Å². The van der Waals surface area contributed by atoms with Crippen molar-refractivity contribution in [2.45, 2.75) is 44.2 Å². The summed E-state index contributed by atoms with van der Waals surface area (Å²) in [7, 11) is 0. The Morgan fingerprint density at radius 1 is 1.11 bits per heavy atom. The average Bonchev–Trinajstić information content (AvgIpc) is 2.71. The number of rotatable bonds is 10. The van der Waals surface area contributed by atoms with Gasteiger partial charge in [0.15, 0.2) is 0 Å². The summed E-state index contributed by atoms with van der Waals surface area (Å²) < 4.78 is 0.988. The Hall–Kier alpha value is -1.79. The number of halogens is 1. The second kappa shape index (κ2) is 11.9. The normalized spacial score (nSPS) is 11.7. The van der Waals surface area contributed by atoms with Crippen LogP contribution < -0.4 is 5.32 Å². The SMILES string of the molecule is CCCNC(=O)[C@@H](C)N(Cc1ccc(Br)cc1)C(=O)CCSc1ccccc1. The number of benzene rings is 2. The van der Waals surface area contributed by atoms with Crippen molar-refractivity contribution in [3.63, 3.8) is 0 Å². The molecule has 0 spiro atoms. The van der Waals surface area contributed by atoms with Gasteiger partial charge in [-0.25, -0.2) is 0 Å². The van der Waals surface area contributed by atoms with Crippen molar-refractivity contribution in [1.29, 1.82) is 0 Å². The molecule has 1 N–H and O–H groups in total. The van der Waals surface area contributed by atoms with Gasteiger partial charge in [-0.3, -0.25) is 9.59 Å². The number of carbonyl (C=O) groups is 2. The zero-order chi connectivity index (χ0) is 20.4. The lowest BCUT2D eigenvalue weighted by molar-refractivity contribution is -0.140. The van der Waals surface area contributed by atoms with E-state index in [1.807, 2.05) is 61.5 Å². The molecule has 0 aliphatic carbocycles. The highest BCUT2D eigenvalue weighted by Crippen LogP contribution is 2.20. The maximum absolute atomic E-state index is 12.9. The van der Waals surface area contributed by atoms with Crippen LogP contribution in [0.4, 0.5) is 0 Å². The van der Waals surface area contributed by atoms with Crippen molar-refractivity contribution >= 4 is 39.5 Å². The molecule has 0 aromatic heterocycles. The summed E-state index contributed by atoms with van der Waals surface area (Å²) in [4.78, 5) is 28.2. The highest BCUT2D eigenvalue weighted by Gasteiger charge is 2.25. The highest BCUT2D eigenvalue weighted by molar-refractivity contribution is 9.10. The van der Waals surface area contributed by atoms with Gasteiger partial charge in [0.05, 0.1) is 0 Å². The minimum Gasteiger partial charge on any atom is -0.354 e. The number of nitrogens with one attached hydrogen (secondary N) is 1. The summed E-state index contributed by atoms with van der Waals surface area (Å²) in [5, 5.41) is 2.90. The summed E-state index contributed by atoms with van der Waals surface area (Å²) in [5.74, 6) is 0.566. The van der Waals surface area contributed by atoms with Crippen LogP contribution in [-0.4, -0.2) is 35.1 Å². The number of carbonyl (C=O) groups excluding carboxylic acids is 2. The van der Waals surface area contributed by atoms with E-state index in [1.165, 1.54) is 0 Å². The smallest absolute Gasteiger partial charge is 0.242 e. The Balaban J connectivity index is 2.03. The van der Waals surface area contributed by atoms with Crippen LogP contribution in [0.1, 0.15) is 32.3 Å². The average molecular weight is 463 g/mol. The first kappa shape index (κ1) is 22.5. The van der Waals surface area contributed by atoms with Crippen LogP contribution in [0.15, 0.2) is 64.0 Å². The quantitative estimate of drug-likeness (QED) is 0.512. The first-order valence-corrected chi connectivity index (χ1v) is 11.3. The van der Waals surface area contributed by atoms with Gasteiger partial charge in [0, 0.05) is 34.6 Å². The van der Waals surface area contributed by atoms with Crippen LogP contribution in [0.5, 0.6) is 0 Å². The van der Waals surface area contributed by atoms with Gasteiger partial charge < -0.3 is 10.2 Å². The third kappa shape index (κ3) is 7.32. The second-order valence-corrected chi connectivity index (χ2v) is 8.61. The van der Waals surface area contributed by atoms with Gasteiger partial charge >= 0.3 is 0 Å². The van der Waals surface area contributed by atoms with E-state index in [9.17, 15) is 9.59 Å². The molecule has 0 fully saturated rings. The van der Waals surface area contributed by atoms with E-state index in [0.29, 0.717) is 25.3 Å². The summed E-state index contributed by atoms with van der Waals surface area (Å²) in [6, 6.07) is 17.4. The summed E-state index contributed by atoms with van der Waals surface area (Å²) in [6.07, 6.45) is 1.26. The predicted molar refractivity (Wildman–Crippen MR) is 119 cm³/mol. The van der Waals surface area contributed by atoms with Crippen LogP contribution in [0.25, 0.3) is 0 Å². The molecule has 28 heavy (non-hydrogen) atoms. The van der Waals surface area contributed by atoms with E-state index in [4.69, 9.17) is 0 Å². The molecule has 2 aromatic carbocycles. The number of nitrogens with zero attached hydrogens (tertiary/aromatic N) is 1. The lowest BCUT2D eigenvalue weighted by atomic mass is 10.1. The topological polar surface area (TPSA) is 49.4 Å². The molecule has 0 heterocycles. The molecule has 0 saturated heterocycles. The van der Waals surface area contributed by atoms with Gasteiger partial charge in [-0.2, -0.15) is 0 Å². The Morgan fingerprint density at radius 2 is 1.79 bits per heavy atom. The van der Waals surface area contributed by atoms with Gasteiger partial charge in [0.1, 0.15) is 6.04 Å². The maximum Gasteiger partial charge on any atom is 0.242 e. The molecule has 0 aliphatic heterocycles. The van der Waals surface area contributed by atoms with Gasteiger partial charge in [-0.1, -0.05) is 53.2 Å². The molecular weight excluding hydrogens is 436 g/mol. The van der Waals surface area contributed by atoms with Gasteiger partial charge in [0.25, 0.3) is 0 Å². The van der Waals surface area contributed by atoms with E-state index >= 15 is 0 Å². The Morgan fingerprint density at radius 3 is 2.43 bits per heavy atom. The van der Waals surface area contributed by atoms with Crippen LogP contribution in [0.2, 0.25) is 0 Å². The van der Waals surface area contributed by atoms with E-state index in [1.54, 1.807) is 23.6 Å². The number of hydrogen-bond acceptors (Lipinski definition) is 3. The van der Waals surface area contributed by atoms with Gasteiger partial charge in [-0.05, 0) is 43.2 Å². The fourth-order valence-electron chi connectivity index (χ4n) is 2.68. The summed E-state index contributed by atoms with van der Waals surface area (Å²) in [6.45, 7) is 4.85. The van der Waals surface area contributed by atoms with Crippen molar-refractivity contribution < 1.29 is 9.59 Å². The lowest BCUT2D eigenvalue weighted by Gasteiger charge is -2.29. The largest absolute Gasteiger partial charge is 0.354 e. The maximum atomic E-state index is 12.9. The Kier molecular flexibility index (Phi) is 9.58. The van der Waals surface area contributed by atoms with E-state index in [-0.39, 0.29) is 11.8 Å². The third-order valence-electron chi connectivity index (χ3n) is 4.31. The lowest BCUT2D eigenvalue weighted by Crippen LogP contribution is -2.47. The van der Waals surface area contributed by atoms with Gasteiger partial charge in [0.2, 0.25) is 11.8 Å². The first-order chi connectivity index (χ1) is 13.5. The predicted octanol–water partition coefficient (Wildman–Crippen LogP) is 4.87. The standard InChI is InChI=1S/C22H27BrN2O2S/c1-3-14-24-22(27)17(2)25(16-18-9-11-19(23)12-10-18)21(26)13-15-28-20-7-5-4-6-8-20/h4-12,17H,3,13-16H2,1-2H3,(H,24,27)/t17-/m1/s1. The molecule has 6 heteroatoms. The van der Waals surface area contributed by atoms with E-state index in [2.05, 4.69) is 21.2 Å². The monoisotopic (exact) mass is 462 g/mol. The molecule has 2 rings (SSSR count). The third-order valence-corrected chi connectivity index (χ3v) is 5.85. The second-order valence-electron chi connectivity index (χ2n) is 6.53. The van der Waals surface area contributed by atoms with Crippen LogP contribution in [0.3, 0.4) is 0 Å². The molecule has 4 nitrogen and oxygen atoms in total. The van der Waals surface area contributed by atoms with Crippen molar-refractivity contribution in [3.8, 4) is 0 Å². The molecular formula is C22H27BrN2O2S. The molecule has 2 aromatic rings. The minimum atomic E-state index is -0.510. The molecule has 150 valence electrons. The van der Waals surface area contributed by atoms with Crippen LogP contribution in [-0.2, 0) is 16.1 Å². The number of hydrogen-bond donors (Lipinski definition) is 1. The summed E-state index contributed by atoms with van der Waals surface area (Å²) >= 11 is 5.08. The van der Waals surface area contributed by atoms with Gasteiger partial charge in [-0.15, -0.1) is 11.8 Å². The van der Waals surface area contributed by atoms with Crippen LogP contribution in [0, 0.1) is 0 Å². The first-order valence-electron chi connectivity index (χ1n) is 9.50. The van der Waals surface area contributed by atoms with Crippen molar-refractivity contribution in [1.82, 2.24) is 10.2 Å². The molecule has 1 atom stereocenters. The summed E-state index contributed by atoms with van der Waals surface area (Å²) in [5.41, 5.74) is 1.00. The van der Waals surface area contributed by atoms with Crippen molar-refractivity contribution in [3.05, 3.63) is 64.6 Å². The molecule has 0 unspecified atom stereocenters. The fourth-order valence-corrected chi connectivity index (χ4v) is 3.81. The highest BCUT2D eigenvalue weighted by atomic mass is 79.9. The molecule has 0 saturated carbocycles. The number of thioether (sulfide) groups is 1. The van der Waals surface area contributed by atoms with Crippen LogP contribution >= 0.6 is 27.7 Å². The fraction of sp³-hybridized carbons (Fsp3) is 0.364. The molecule has 0 aliphatic rings. The van der Waals surface area contributed by atoms with Crippen molar-refractivity contribution in [2.75, 3.05) is 12.3 Å².